The summed E-state index contributed by atoms with van der Waals surface area (Å²) in [6, 6.07) is 18.3. The molecule has 2 N–H and O–H groups in total. The summed E-state index contributed by atoms with van der Waals surface area (Å²) in [5.41, 5.74) is 4.80. The van der Waals surface area contributed by atoms with Gasteiger partial charge >= 0.3 is 0 Å². The second-order valence-electron chi connectivity index (χ2n) is 9.39. The van der Waals surface area contributed by atoms with Crippen LogP contribution in [0.5, 0.6) is 5.75 Å². The van der Waals surface area contributed by atoms with Crippen LogP contribution in [-0.4, -0.2) is 60.2 Å². The average molecular weight is 511 g/mol. The van der Waals surface area contributed by atoms with Gasteiger partial charge in [-0.2, -0.15) is 0 Å². The molecule has 1 aliphatic rings. The smallest absolute Gasteiger partial charge is 0.247 e. The zero-order valence-corrected chi connectivity index (χ0v) is 22.0. The molecule has 0 aliphatic carbocycles. The summed E-state index contributed by atoms with van der Waals surface area (Å²) < 4.78 is 7.44. The summed E-state index contributed by atoms with van der Waals surface area (Å²) in [5, 5.41) is 7.44. The second kappa shape index (κ2) is 11.4. The van der Waals surface area contributed by atoms with Crippen molar-refractivity contribution in [3.05, 3.63) is 85.2 Å². The summed E-state index contributed by atoms with van der Waals surface area (Å²) in [4.78, 5) is 21.7. The van der Waals surface area contributed by atoms with Crippen LogP contribution in [0.25, 0.3) is 10.9 Å². The van der Waals surface area contributed by atoms with E-state index in [1.165, 1.54) is 11.6 Å². The summed E-state index contributed by atoms with van der Waals surface area (Å²) in [5.74, 6) is 1.30. The number of nitrogens with one attached hydrogen (secondary N) is 2. The molecule has 0 radical (unpaired) electrons. The van der Waals surface area contributed by atoms with Gasteiger partial charge in [0.2, 0.25) is 5.91 Å². The number of hydrogen-bond acceptors (Lipinski definition) is 6. The van der Waals surface area contributed by atoms with Crippen molar-refractivity contribution in [2.45, 2.75) is 13.5 Å². The number of carbonyl (C=O) groups is 1. The molecule has 8 nitrogen and oxygen atoms in total. The number of rotatable bonds is 9. The van der Waals surface area contributed by atoms with Crippen molar-refractivity contribution in [2.75, 3.05) is 55.4 Å². The number of pyridine rings is 1. The summed E-state index contributed by atoms with van der Waals surface area (Å²) in [7, 11) is 1.67. The van der Waals surface area contributed by atoms with E-state index in [0.29, 0.717) is 11.5 Å². The van der Waals surface area contributed by atoms with Crippen LogP contribution in [0, 0.1) is 0 Å². The van der Waals surface area contributed by atoms with E-state index in [1.807, 2.05) is 36.5 Å². The Morgan fingerprint density at radius 1 is 1.05 bits per heavy atom. The van der Waals surface area contributed by atoms with Gasteiger partial charge in [-0.1, -0.05) is 25.6 Å². The fourth-order valence-electron chi connectivity index (χ4n) is 4.81. The molecule has 5 rings (SSSR count). The maximum atomic E-state index is 12.2. The number of amides is 1. The lowest BCUT2D eigenvalue weighted by Gasteiger charge is -2.35. The number of anilines is 4. The number of hydrogen-bond donors (Lipinski definition) is 2. The van der Waals surface area contributed by atoms with Crippen molar-refractivity contribution >= 4 is 39.7 Å². The van der Waals surface area contributed by atoms with E-state index < -0.39 is 0 Å². The van der Waals surface area contributed by atoms with Gasteiger partial charge in [-0.25, -0.2) is 4.98 Å². The molecule has 0 saturated carbocycles. The highest BCUT2D eigenvalue weighted by Crippen LogP contribution is 2.31. The summed E-state index contributed by atoms with van der Waals surface area (Å²) in [6.45, 7) is 11.6. The molecule has 1 aliphatic heterocycles. The van der Waals surface area contributed by atoms with Gasteiger partial charge < -0.3 is 29.7 Å². The first-order valence-electron chi connectivity index (χ1n) is 13.0. The molecule has 38 heavy (non-hydrogen) atoms. The Morgan fingerprint density at radius 2 is 1.84 bits per heavy atom. The van der Waals surface area contributed by atoms with Crippen molar-refractivity contribution in [3.63, 3.8) is 0 Å². The van der Waals surface area contributed by atoms with E-state index >= 15 is 0 Å². The van der Waals surface area contributed by atoms with Crippen LogP contribution in [0.15, 0.2) is 79.6 Å². The van der Waals surface area contributed by atoms with Crippen LogP contribution in [-0.2, 0) is 11.3 Å². The molecule has 4 aromatic rings. The molecule has 0 atom stereocenters. The third-order valence-electron chi connectivity index (χ3n) is 7.06. The highest BCUT2D eigenvalue weighted by Gasteiger charge is 2.18. The molecular formula is C30H34N6O2. The number of nitrogens with zero attached hydrogens (tertiary/aromatic N) is 4. The van der Waals surface area contributed by atoms with Crippen LogP contribution >= 0.6 is 0 Å². The average Bonchev–Trinajstić information content (AvgIpc) is 3.36. The number of benzene rings is 2. The highest BCUT2D eigenvalue weighted by atomic mass is 16.5. The van der Waals surface area contributed by atoms with Gasteiger partial charge in [0.15, 0.2) is 0 Å². The minimum absolute atomic E-state index is 0.250. The van der Waals surface area contributed by atoms with Crippen LogP contribution in [0.3, 0.4) is 0 Å². The Balaban J connectivity index is 1.36. The fraction of sp³-hybridized carbons (Fsp3) is 0.267. The predicted octanol–water partition coefficient (Wildman–Crippen LogP) is 5.10. The summed E-state index contributed by atoms with van der Waals surface area (Å²) >= 11 is 0. The number of piperazine rings is 1. The standard InChI is InChI=1S/C30H34N6O2/c1-4-30(37)33-27-19-24(35-16-14-34(5-2)15-17-35)8-11-26(27)32-29-18-23-12-13-36(28(23)20-31-29)21-22-6-9-25(38-3)10-7-22/h4,6-13,18-20H,1,5,14-17,21H2,2-3H3,(H,31,32)(H,33,37). The fourth-order valence-corrected chi connectivity index (χ4v) is 4.81. The Kier molecular flexibility index (Phi) is 7.60. The number of ether oxygens (including phenoxy) is 1. The van der Waals surface area contributed by atoms with Crippen LogP contribution in [0.1, 0.15) is 12.5 Å². The summed E-state index contributed by atoms with van der Waals surface area (Å²) in [6.07, 6.45) is 5.24. The van der Waals surface area contributed by atoms with Gasteiger partial charge in [0.25, 0.3) is 0 Å². The largest absolute Gasteiger partial charge is 0.497 e. The quantitative estimate of drug-likeness (QED) is 0.305. The van der Waals surface area contributed by atoms with E-state index in [4.69, 9.17) is 4.74 Å². The molecule has 3 heterocycles. The molecule has 2 aromatic heterocycles. The third kappa shape index (κ3) is 5.65. The molecular weight excluding hydrogens is 476 g/mol. The Bertz CT molecular complexity index is 1420. The maximum absolute atomic E-state index is 12.2. The Morgan fingerprint density at radius 3 is 2.55 bits per heavy atom. The minimum Gasteiger partial charge on any atom is -0.497 e. The second-order valence-corrected chi connectivity index (χ2v) is 9.39. The topological polar surface area (TPSA) is 74.7 Å². The lowest BCUT2D eigenvalue weighted by molar-refractivity contribution is -0.111. The van der Waals surface area contributed by atoms with E-state index in [2.05, 4.69) is 73.9 Å². The van der Waals surface area contributed by atoms with E-state index in [1.54, 1.807) is 7.11 Å². The van der Waals surface area contributed by atoms with Crippen molar-refractivity contribution < 1.29 is 9.53 Å². The molecule has 1 saturated heterocycles. The normalized spacial score (nSPS) is 13.9. The number of likely N-dealkylation sites (N-methyl/N-ethyl adjacent to an activating group) is 1. The number of methoxy groups -OCH3 is 1. The van der Waals surface area contributed by atoms with Gasteiger partial charge in [0, 0.05) is 50.0 Å². The van der Waals surface area contributed by atoms with Crippen molar-refractivity contribution in [3.8, 4) is 5.75 Å². The van der Waals surface area contributed by atoms with Crippen molar-refractivity contribution in [1.29, 1.82) is 0 Å². The minimum atomic E-state index is -0.250. The van der Waals surface area contributed by atoms with Crippen molar-refractivity contribution in [1.82, 2.24) is 14.5 Å². The van der Waals surface area contributed by atoms with Gasteiger partial charge in [0.1, 0.15) is 11.6 Å². The molecule has 0 unspecified atom stereocenters. The zero-order chi connectivity index (χ0) is 26.5. The Hall–Kier alpha value is -4.30. The van der Waals surface area contributed by atoms with Crippen LogP contribution < -0.4 is 20.3 Å². The lowest BCUT2D eigenvalue weighted by Crippen LogP contribution is -2.46. The van der Waals surface area contributed by atoms with Gasteiger partial charge in [-0.15, -0.1) is 0 Å². The number of aromatic nitrogens is 2. The number of fused-ring (bicyclic) bond motifs is 1. The molecule has 196 valence electrons. The van der Waals surface area contributed by atoms with Crippen LogP contribution in [0.2, 0.25) is 0 Å². The molecule has 1 amide bonds. The monoisotopic (exact) mass is 510 g/mol. The van der Waals surface area contributed by atoms with Crippen molar-refractivity contribution in [2.24, 2.45) is 0 Å². The first kappa shape index (κ1) is 25.4. The van der Waals surface area contributed by atoms with E-state index in [9.17, 15) is 4.79 Å². The number of carbonyl (C=O) groups excluding carboxylic acids is 1. The predicted molar refractivity (Wildman–Crippen MR) is 155 cm³/mol. The third-order valence-corrected chi connectivity index (χ3v) is 7.06. The maximum Gasteiger partial charge on any atom is 0.247 e. The molecule has 1 fully saturated rings. The molecule has 0 bridgehead atoms. The van der Waals surface area contributed by atoms with E-state index in [0.717, 1.165) is 67.3 Å². The molecule has 8 heteroatoms. The van der Waals surface area contributed by atoms with E-state index in [-0.39, 0.29) is 5.91 Å². The Labute approximate surface area is 223 Å². The first-order chi connectivity index (χ1) is 18.6. The first-order valence-corrected chi connectivity index (χ1v) is 13.0. The zero-order valence-electron chi connectivity index (χ0n) is 22.0. The van der Waals surface area contributed by atoms with Gasteiger partial charge in [-0.05, 0) is 60.6 Å². The highest BCUT2D eigenvalue weighted by molar-refractivity contribution is 6.02. The molecule has 2 aromatic carbocycles. The van der Waals surface area contributed by atoms with Crippen LogP contribution in [0.4, 0.5) is 22.9 Å². The van der Waals surface area contributed by atoms with Gasteiger partial charge in [-0.3, -0.25) is 4.79 Å². The SMILES string of the molecule is C=CC(=O)Nc1cc(N2CCN(CC)CC2)ccc1Nc1cc2ccn(Cc3ccc(OC)cc3)c2cn1. The van der Waals surface area contributed by atoms with Gasteiger partial charge in [0.05, 0.1) is 30.2 Å². The molecule has 0 spiro atoms. The lowest BCUT2D eigenvalue weighted by atomic mass is 10.2.